The highest BCUT2D eigenvalue weighted by atomic mass is 35.5. The van der Waals surface area contributed by atoms with Crippen LogP contribution >= 0.6 is 11.6 Å². The SMILES string of the molecule is Cc1c(C(=O)N[C@@H]2CCC[C@H](Nc3cc(C(F)(F)F)nc4ccc(Cl)cc34)C2)cnn1C1CCNCC1. The molecule has 11 heteroatoms. The maximum absolute atomic E-state index is 13.5. The molecule has 5 rings (SSSR count). The second kappa shape index (κ2) is 10.5. The fourth-order valence-electron chi connectivity index (χ4n) is 5.46. The minimum atomic E-state index is -4.57. The summed E-state index contributed by atoms with van der Waals surface area (Å²) in [4.78, 5) is 16.9. The first-order valence-electron chi connectivity index (χ1n) is 12.7. The predicted octanol–water partition coefficient (Wildman–Crippen LogP) is 5.49. The molecule has 0 unspecified atom stereocenters. The summed E-state index contributed by atoms with van der Waals surface area (Å²) in [5, 5.41) is 15.2. The lowest BCUT2D eigenvalue weighted by Gasteiger charge is -2.31. The van der Waals surface area contributed by atoms with Crippen molar-refractivity contribution in [2.45, 2.75) is 69.8 Å². The molecule has 7 nitrogen and oxygen atoms in total. The molecule has 1 aromatic carbocycles. The molecule has 2 aromatic heterocycles. The first-order chi connectivity index (χ1) is 17.7. The van der Waals surface area contributed by atoms with E-state index in [-0.39, 0.29) is 29.5 Å². The number of benzene rings is 1. The Morgan fingerprint density at radius 2 is 1.89 bits per heavy atom. The molecule has 1 amide bonds. The molecule has 2 atom stereocenters. The van der Waals surface area contributed by atoms with Gasteiger partial charge in [0.2, 0.25) is 0 Å². The Morgan fingerprint density at radius 3 is 2.65 bits per heavy atom. The molecule has 1 saturated heterocycles. The number of alkyl halides is 3. The van der Waals surface area contributed by atoms with Crippen LogP contribution in [0.4, 0.5) is 18.9 Å². The van der Waals surface area contributed by atoms with Crippen molar-refractivity contribution in [3.63, 3.8) is 0 Å². The Hall–Kier alpha value is -2.85. The van der Waals surface area contributed by atoms with Gasteiger partial charge < -0.3 is 16.0 Å². The number of hydrogen-bond acceptors (Lipinski definition) is 5. The van der Waals surface area contributed by atoms with E-state index in [1.54, 1.807) is 12.3 Å². The fraction of sp³-hybridized carbons (Fsp3) is 0.500. The summed E-state index contributed by atoms with van der Waals surface area (Å²) in [5.74, 6) is -0.163. The summed E-state index contributed by atoms with van der Waals surface area (Å²) in [7, 11) is 0. The summed E-state index contributed by atoms with van der Waals surface area (Å²) in [6.07, 6.45) is 2.05. The number of nitrogens with one attached hydrogen (secondary N) is 3. The lowest BCUT2D eigenvalue weighted by atomic mass is 9.90. The highest BCUT2D eigenvalue weighted by Gasteiger charge is 2.34. The van der Waals surface area contributed by atoms with Crippen LogP contribution in [0.3, 0.4) is 0 Å². The third-order valence-corrected chi connectivity index (χ3v) is 7.61. The van der Waals surface area contributed by atoms with Crippen LogP contribution in [0.2, 0.25) is 5.02 Å². The number of pyridine rings is 1. The lowest BCUT2D eigenvalue weighted by molar-refractivity contribution is -0.140. The van der Waals surface area contributed by atoms with Crippen molar-refractivity contribution in [1.82, 2.24) is 25.4 Å². The zero-order valence-electron chi connectivity index (χ0n) is 20.5. The van der Waals surface area contributed by atoms with Gasteiger partial charge in [-0.3, -0.25) is 9.48 Å². The zero-order chi connectivity index (χ0) is 26.2. The van der Waals surface area contributed by atoms with E-state index in [0.29, 0.717) is 28.1 Å². The van der Waals surface area contributed by atoms with Gasteiger partial charge in [0.15, 0.2) is 0 Å². The third-order valence-electron chi connectivity index (χ3n) is 7.37. The number of aromatic nitrogens is 3. The number of carbonyl (C=O) groups excluding carboxylic acids is 1. The van der Waals surface area contributed by atoms with E-state index in [2.05, 4.69) is 26.0 Å². The minimum absolute atomic E-state index is 0.0980. The molecule has 2 aliphatic rings. The smallest absolute Gasteiger partial charge is 0.382 e. The van der Waals surface area contributed by atoms with Crippen molar-refractivity contribution >= 4 is 34.1 Å². The lowest BCUT2D eigenvalue weighted by Crippen LogP contribution is -2.42. The second-order valence-corrected chi connectivity index (χ2v) is 10.4. The molecular formula is C26H30ClF3N6O. The van der Waals surface area contributed by atoms with Crippen LogP contribution in [0.5, 0.6) is 0 Å². The van der Waals surface area contributed by atoms with Gasteiger partial charge in [-0.2, -0.15) is 18.3 Å². The Kier molecular flexibility index (Phi) is 7.31. The largest absolute Gasteiger partial charge is 0.433 e. The highest BCUT2D eigenvalue weighted by Crippen LogP contribution is 2.35. The molecular weight excluding hydrogens is 505 g/mol. The highest BCUT2D eigenvalue weighted by molar-refractivity contribution is 6.31. The van der Waals surface area contributed by atoms with Gasteiger partial charge in [-0.1, -0.05) is 11.6 Å². The standard InChI is InChI=1S/C26H30ClF3N6O/c1-15-21(14-32-36(15)19-7-9-31-10-8-19)25(37)34-18-4-2-3-17(12-18)33-23-13-24(26(28,29)30)35-22-6-5-16(27)11-20(22)23/h5-6,11,13-14,17-19,31H,2-4,7-10,12H2,1H3,(H,33,35)(H,34,37)/t17-,18+/m0/s1. The van der Waals surface area contributed by atoms with E-state index in [9.17, 15) is 18.0 Å². The topological polar surface area (TPSA) is 83.9 Å². The van der Waals surface area contributed by atoms with Crippen molar-refractivity contribution in [3.8, 4) is 0 Å². The van der Waals surface area contributed by atoms with Crippen molar-refractivity contribution in [2.24, 2.45) is 0 Å². The number of carbonyl (C=O) groups is 1. The number of amides is 1. The van der Waals surface area contributed by atoms with Gasteiger partial charge in [0, 0.05) is 33.9 Å². The average Bonchev–Trinajstić information content (AvgIpc) is 3.25. The first-order valence-corrected chi connectivity index (χ1v) is 13.1. The molecule has 0 radical (unpaired) electrons. The minimum Gasteiger partial charge on any atom is -0.382 e. The van der Waals surface area contributed by atoms with Crippen LogP contribution in [-0.4, -0.2) is 45.8 Å². The average molecular weight is 535 g/mol. The van der Waals surface area contributed by atoms with Gasteiger partial charge in [-0.25, -0.2) is 4.98 Å². The van der Waals surface area contributed by atoms with Crippen molar-refractivity contribution in [2.75, 3.05) is 18.4 Å². The zero-order valence-corrected chi connectivity index (χ0v) is 21.3. The molecule has 37 heavy (non-hydrogen) atoms. The molecule has 3 aromatic rings. The number of anilines is 1. The molecule has 2 fully saturated rings. The normalized spacial score (nSPS) is 21.2. The number of rotatable bonds is 5. The predicted molar refractivity (Wildman–Crippen MR) is 137 cm³/mol. The van der Waals surface area contributed by atoms with Crippen LogP contribution in [0.25, 0.3) is 10.9 Å². The van der Waals surface area contributed by atoms with Crippen LogP contribution in [0.15, 0.2) is 30.5 Å². The molecule has 1 saturated carbocycles. The Labute approximate surface area is 218 Å². The summed E-state index contributed by atoms with van der Waals surface area (Å²) in [5.41, 5.74) is 1.04. The summed E-state index contributed by atoms with van der Waals surface area (Å²) in [6.45, 7) is 3.80. The Bertz CT molecular complexity index is 1290. The summed E-state index contributed by atoms with van der Waals surface area (Å²) in [6, 6.07) is 5.77. The summed E-state index contributed by atoms with van der Waals surface area (Å²) >= 11 is 6.13. The van der Waals surface area contributed by atoms with Gasteiger partial charge >= 0.3 is 6.18 Å². The number of piperidine rings is 1. The van der Waals surface area contributed by atoms with Crippen LogP contribution in [0, 0.1) is 6.92 Å². The van der Waals surface area contributed by atoms with Crippen molar-refractivity contribution in [3.05, 3.63) is 52.4 Å². The molecule has 3 N–H and O–H groups in total. The van der Waals surface area contributed by atoms with Gasteiger partial charge in [0.1, 0.15) is 5.69 Å². The van der Waals surface area contributed by atoms with E-state index in [1.165, 1.54) is 12.1 Å². The van der Waals surface area contributed by atoms with Gasteiger partial charge in [-0.05, 0) is 82.8 Å². The Balaban J connectivity index is 1.30. The van der Waals surface area contributed by atoms with E-state index >= 15 is 0 Å². The monoisotopic (exact) mass is 534 g/mol. The first kappa shape index (κ1) is 25.8. The van der Waals surface area contributed by atoms with E-state index in [4.69, 9.17) is 11.6 Å². The fourth-order valence-corrected chi connectivity index (χ4v) is 5.64. The number of halogens is 4. The van der Waals surface area contributed by atoms with Crippen LogP contribution < -0.4 is 16.0 Å². The van der Waals surface area contributed by atoms with Gasteiger partial charge in [0.05, 0.1) is 23.3 Å². The number of fused-ring (bicyclic) bond motifs is 1. The van der Waals surface area contributed by atoms with Crippen molar-refractivity contribution in [1.29, 1.82) is 0 Å². The maximum atomic E-state index is 13.5. The summed E-state index contributed by atoms with van der Waals surface area (Å²) < 4.78 is 42.5. The molecule has 0 bridgehead atoms. The molecule has 0 spiro atoms. The second-order valence-electron chi connectivity index (χ2n) is 9.96. The quantitative estimate of drug-likeness (QED) is 0.403. The molecule has 1 aliphatic carbocycles. The number of nitrogens with zero attached hydrogens (tertiary/aromatic N) is 3. The molecule has 198 valence electrons. The molecule has 3 heterocycles. The maximum Gasteiger partial charge on any atom is 0.433 e. The van der Waals surface area contributed by atoms with Crippen LogP contribution in [-0.2, 0) is 6.18 Å². The van der Waals surface area contributed by atoms with E-state index in [1.807, 2.05) is 11.6 Å². The van der Waals surface area contributed by atoms with Gasteiger partial charge in [0.25, 0.3) is 5.91 Å². The van der Waals surface area contributed by atoms with E-state index < -0.39 is 11.9 Å². The molecule has 1 aliphatic heterocycles. The van der Waals surface area contributed by atoms with Crippen molar-refractivity contribution < 1.29 is 18.0 Å². The van der Waals surface area contributed by atoms with E-state index in [0.717, 1.165) is 57.0 Å². The number of hydrogen-bond donors (Lipinski definition) is 3. The van der Waals surface area contributed by atoms with Gasteiger partial charge in [-0.15, -0.1) is 0 Å². The van der Waals surface area contributed by atoms with Crippen LogP contribution in [0.1, 0.15) is 66.3 Å². The third kappa shape index (κ3) is 5.70. The Morgan fingerprint density at radius 1 is 1.14 bits per heavy atom.